The van der Waals surface area contributed by atoms with Crippen LogP contribution >= 0.6 is 0 Å². The third kappa shape index (κ3) is 4.98. The van der Waals surface area contributed by atoms with Crippen molar-refractivity contribution in [3.63, 3.8) is 0 Å². The fourth-order valence-electron chi connectivity index (χ4n) is 1.42. The molecule has 0 aromatic heterocycles. The fraction of sp³-hybridized carbons (Fsp3) is 0.417. The summed E-state index contributed by atoms with van der Waals surface area (Å²) in [7, 11) is -4.00. The number of carbonyl (C=O) groups is 1. The molecule has 106 valence electrons. The molecule has 0 saturated carbocycles. The first-order chi connectivity index (χ1) is 8.83. The Labute approximate surface area is 113 Å². The van der Waals surface area contributed by atoms with Crippen LogP contribution in [0.5, 0.6) is 0 Å². The average molecular weight is 286 g/mol. The lowest BCUT2D eigenvalue weighted by atomic mass is 10.0. The van der Waals surface area contributed by atoms with Crippen molar-refractivity contribution >= 4 is 16.0 Å². The molecule has 0 aliphatic heterocycles. The van der Waals surface area contributed by atoms with Gasteiger partial charge >= 0.3 is 10.1 Å². The molecule has 19 heavy (non-hydrogen) atoms. The van der Waals surface area contributed by atoms with Gasteiger partial charge < -0.3 is 5.73 Å². The first-order valence-electron chi connectivity index (χ1n) is 5.87. The van der Waals surface area contributed by atoms with Crippen molar-refractivity contribution in [1.82, 2.24) is 5.48 Å². The summed E-state index contributed by atoms with van der Waals surface area (Å²) in [4.78, 5) is 11.5. The molecule has 0 aliphatic carbocycles. The summed E-state index contributed by atoms with van der Waals surface area (Å²) in [6, 6.07) is 6.73. The Morgan fingerprint density at radius 3 is 2.42 bits per heavy atom. The van der Waals surface area contributed by atoms with Gasteiger partial charge in [0.25, 0.3) is 5.91 Å². The lowest BCUT2D eigenvalue weighted by Gasteiger charge is -2.13. The van der Waals surface area contributed by atoms with E-state index in [9.17, 15) is 13.2 Å². The first kappa shape index (κ1) is 15.6. The second-order valence-corrected chi connectivity index (χ2v) is 6.10. The molecule has 7 heteroatoms. The number of hydrogen-bond acceptors (Lipinski definition) is 5. The fourth-order valence-corrected chi connectivity index (χ4v) is 2.20. The van der Waals surface area contributed by atoms with E-state index in [4.69, 9.17) is 5.73 Å². The number of benzene rings is 1. The van der Waals surface area contributed by atoms with Gasteiger partial charge in [-0.1, -0.05) is 32.0 Å². The molecule has 1 atom stereocenters. The molecule has 1 unspecified atom stereocenters. The summed E-state index contributed by atoms with van der Waals surface area (Å²) < 4.78 is 27.9. The van der Waals surface area contributed by atoms with Gasteiger partial charge in [0.1, 0.15) is 0 Å². The van der Waals surface area contributed by atoms with Crippen molar-refractivity contribution in [3.05, 3.63) is 30.3 Å². The van der Waals surface area contributed by atoms with E-state index in [1.807, 2.05) is 19.3 Å². The number of hydrogen-bond donors (Lipinski definition) is 2. The van der Waals surface area contributed by atoms with Gasteiger partial charge in [0, 0.05) is 0 Å². The molecule has 0 saturated heterocycles. The normalized spacial score (nSPS) is 13.3. The zero-order valence-corrected chi connectivity index (χ0v) is 11.7. The Kier molecular flexibility index (Phi) is 5.46. The molecule has 1 amide bonds. The molecule has 0 aliphatic rings. The molecule has 0 radical (unpaired) electrons. The minimum absolute atomic E-state index is 0.0345. The Bertz CT molecular complexity index is 514. The summed E-state index contributed by atoms with van der Waals surface area (Å²) in [5.74, 6) is -0.431. The van der Waals surface area contributed by atoms with Crippen molar-refractivity contribution in [2.75, 3.05) is 0 Å². The molecule has 0 heterocycles. The van der Waals surface area contributed by atoms with Crippen LogP contribution in [0.2, 0.25) is 0 Å². The van der Waals surface area contributed by atoms with Gasteiger partial charge in [-0.25, -0.2) is 5.48 Å². The number of carbonyl (C=O) groups excluding carboxylic acids is 1. The quantitative estimate of drug-likeness (QED) is 0.754. The highest BCUT2D eigenvalue weighted by Gasteiger charge is 2.20. The Balaban J connectivity index is 2.59. The third-order valence-electron chi connectivity index (χ3n) is 2.35. The van der Waals surface area contributed by atoms with Crippen LogP contribution < -0.4 is 11.2 Å². The summed E-state index contributed by atoms with van der Waals surface area (Å²) in [6.07, 6.45) is 0.445. The van der Waals surface area contributed by atoms with E-state index in [0.717, 1.165) is 0 Å². The van der Waals surface area contributed by atoms with E-state index in [1.165, 1.54) is 12.1 Å². The van der Waals surface area contributed by atoms with Gasteiger partial charge in [0.05, 0.1) is 10.9 Å². The average Bonchev–Trinajstić information content (AvgIpc) is 2.36. The summed E-state index contributed by atoms with van der Waals surface area (Å²) in [5, 5.41) is 0. The zero-order chi connectivity index (χ0) is 14.5. The predicted octanol–water partition coefficient (Wildman–Crippen LogP) is 0.797. The van der Waals surface area contributed by atoms with Crippen LogP contribution in [0.4, 0.5) is 0 Å². The lowest BCUT2D eigenvalue weighted by Crippen LogP contribution is -2.42. The van der Waals surface area contributed by atoms with E-state index in [0.29, 0.717) is 6.42 Å². The number of rotatable bonds is 6. The van der Waals surface area contributed by atoms with Crippen LogP contribution in [-0.4, -0.2) is 20.4 Å². The molecular formula is C12H18N2O4S. The highest BCUT2D eigenvalue weighted by molar-refractivity contribution is 7.86. The van der Waals surface area contributed by atoms with Crippen molar-refractivity contribution in [2.24, 2.45) is 11.7 Å². The smallest absolute Gasteiger partial charge is 0.317 e. The van der Waals surface area contributed by atoms with Crippen molar-refractivity contribution < 1.29 is 17.5 Å². The van der Waals surface area contributed by atoms with Gasteiger partial charge in [-0.15, -0.1) is 4.28 Å². The molecular weight excluding hydrogens is 268 g/mol. The van der Waals surface area contributed by atoms with Gasteiger partial charge in [-0.05, 0) is 24.5 Å². The monoisotopic (exact) mass is 286 g/mol. The second-order valence-electron chi connectivity index (χ2n) is 4.55. The summed E-state index contributed by atoms with van der Waals surface area (Å²) in [5.41, 5.74) is 7.47. The predicted molar refractivity (Wildman–Crippen MR) is 70.3 cm³/mol. The molecule has 1 rings (SSSR count). The van der Waals surface area contributed by atoms with Crippen molar-refractivity contribution in [2.45, 2.75) is 31.2 Å². The minimum atomic E-state index is -4.00. The first-order valence-corrected chi connectivity index (χ1v) is 7.27. The SMILES string of the molecule is CC(C)CC(N)C(=O)NOS(=O)(=O)c1ccccc1. The minimum Gasteiger partial charge on any atom is -0.320 e. The lowest BCUT2D eigenvalue weighted by molar-refractivity contribution is -0.129. The van der Waals surface area contributed by atoms with Crippen molar-refractivity contribution in [1.29, 1.82) is 0 Å². The van der Waals surface area contributed by atoms with Gasteiger partial charge in [-0.2, -0.15) is 8.42 Å². The van der Waals surface area contributed by atoms with E-state index in [1.54, 1.807) is 18.2 Å². The van der Waals surface area contributed by atoms with Gasteiger partial charge in [-0.3, -0.25) is 4.79 Å². The number of nitrogens with two attached hydrogens (primary N) is 1. The largest absolute Gasteiger partial charge is 0.320 e. The molecule has 6 nitrogen and oxygen atoms in total. The number of hydroxylamine groups is 1. The van der Waals surface area contributed by atoms with E-state index in [2.05, 4.69) is 4.28 Å². The van der Waals surface area contributed by atoms with Crippen LogP contribution in [-0.2, 0) is 19.2 Å². The third-order valence-corrected chi connectivity index (χ3v) is 3.50. The number of nitrogens with one attached hydrogen (secondary N) is 1. The van der Waals surface area contributed by atoms with E-state index < -0.39 is 22.1 Å². The van der Waals surface area contributed by atoms with Crippen LogP contribution in [0.3, 0.4) is 0 Å². The van der Waals surface area contributed by atoms with Crippen LogP contribution in [0.1, 0.15) is 20.3 Å². The molecule has 0 fully saturated rings. The molecule has 3 N–H and O–H groups in total. The summed E-state index contributed by atoms with van der Waals surface area (Å²) >= 11 is 0. The van der Waals surface area contributed by atoms with Gasteiger partial charge in [0.2, 0.25) is 0 Å². The van der Waals surface area contributed by atoms with Crippen LogP contribution in [0.25, 0.3) is 0 Å². The Morgan fingerprint density at radius 1 is 1.32 bits per heavy atom. The van der Waals surface area contributed by atoms with Gasteiger partial charge in [0.15, 0.2) is 0 Å². The maximum atomic E-state index is 11.7. The maximum absolute atomic E-state index is 11.7. The van der Waals surface area contributed by atoms with E-state index >= 15 is 0 Å². The Morgan fingerprint density at radius 2 is 1.89 bits per heavy atom. The second kappa shape index (κ2) is 6.65. The topological polar surface area (TPSA) is 98.5 Å². The van der Waals surface area contributed by atoms with Crippen molar-refractivity contribution in [3.8, 4) is 0 Å². The maximum Gasteiger partial charge on any atom is 0.317 e. The highest BCUT2D eigenvalue weighted by Crippen LogP contribution is 2.10. The molecule has 1 aromatic carbocycles. The molecule has 1 aromatic rings. The highest BCUT2D eigenvalue weighted by atomic mass is 32.2. The molecule has 0 bridgehead atoms. The Hall–Kier alpha value is -1.44. The standard InChI is InChI=1S/C12H18N2O4S/c1-9(2)8-11(13)12(15)14-18-19(16,17)10-6-4-3-5-7-10/h3-7,9,11H,8,13H2,1-2H3,(H,14,15). The van der Waals surface area contributed by atoms with E-state index in [-0.39, 0.29) is 10.8 Å². The van der Waals surface area contributed by atoms with Crippen LogP contribution in [0, 0.1) is 5.92 Å². The zero-order valence-electron chi connectivity index (χ0n) is 10.9. The summed E-state index contributed by atoms with van der Waals surface area (Å²) in [6.45, 7) is 3.82. The number of amides is 1. The van der Waals surface area contributed by atoms with Crippen LogP contribution in [0.15, 0.2) is 35.2 Å². The molecule has 0 spiro atoms.